The van der Waals surface area contributed by atoms with Gasteiger partial charge in [0.25, 0.3) is 0 Å². The second kappa shape index (κ2) is 8.30. The number of carbonyl (C=O) groups is 2. The van der Waals surface area contributed by atoms with Gasteiger partial charge in [-0.1, -0.05) is 36.4 Å². The number of aliphatic hydroxyl groups excluding tert-OH is 1. The third-order valence-corrected chi connectivity index (χ3v) is 3.82. The summed E-state index contributed by atoms with van der Waals surface area (Å²) in [7, 11) is 0. The molecular weight excluding hydrogens is 320 g/mol. The molecular formula is C19H22N2O4. The Morgan fingerprint density at radius 1 is 1.12 bits per heavy atom. The van der Waals surface area contributed by atoms with Crippen molar-refractivity contribution in [2.24, 2.45) is 0 Å². The summed E-state index contributed by atoms with van der Waals surface area (Å²) in [5.74, 6) is -1.10. The Balaban J connectivity index is 2.25. The lowest BCUT2D eigenvalue weighted by molar-refractivity contribution is 0.0697. The van der Waals surface area contributed by atoms with Crippen LogP contribution in [0.25, 0.3) is 0 Å². The Morgan fingerprint density at radius 3 is 2.40 bits per heavy atom. The van der Waals surface area contributed by atoms with E-state index in [-0.39, 0.29) is 24.4 Å². The SMILES string of the molecule is Cc1cc(C)c(NC(=O)N(CCO)Cc2ccccc2)c(C(=O)O)c1. The molecule has 0 spiro atoms. The molecule has 0 aliphatic rings. The summed E-state index contributed by atoms with van der Waals surface area (Å²) in [5.41, 5.74) is 2.73. The van der Waals surface area contributed by atoms with Crippen LogP contribution in [0.15, 0.2) is 42.5 Å². The quantitative estimate of drug-likeness (QED) is 0.753. The zero-order valence-corrected chi connectivity index (χ0v) is 14.3. The van der Waals surface area contributed by atoms with Gasteiger partial charge in [-0.3, -0.25) is 0 Å². The Bertz CT molecular complexity index is 760. The molecule has 0 aliphatic carbocycles. The average molecular weight is 342 g/mol. The molecule has 0 atom stereocenters. The third kappa shape index (κ3) is 4.81. The molecule has 6 heteroatoms. The zero-order valence-electron chi connectivity index (χ0n) is 14.3. The normalized spacial score (nSPS) is 10.4. The summed E-state index contributed by atoms with van der Waals surface area (Å²) in [6.45, 7) is 3.84. The van der Waals surface area contributed by atoms with Gasteiger partial charge in [-0.2, -0.15) is 0 Å². The molecule has 25 heavy (non-hydrogen) atoms. The molecule has 2 aromatic carbocycles. The molecule has 3 N–H and O–H groups in total. The molecule has 0 aliphatic heterocycles. The summed E-state index contributed by atoms with van der Waals surface area (Å²) in [4.78, 5) is 25.6. The highest BCUT2D eigenvalue weighted by molar-refractivity contribution is 6.01. The fourth-order valence-electron chi connectivity index (χ4n) is 2.67. The molecule has 0 heterocycles. The van der Waals surface area contributed by atoms with E-state index < -0.39 is 12.0 Å². The summed E-state index contributed by atoms with van der Waals surface area (Å²) in [5, 5.41) is 21.3. The molecule has 0 bridgehead atoms. The van der Waals surface area contributed by atoms with Crippen molar-refractivity contribution in [1.29, 1.82) is 0 Å². The lowest BCUT2D eigenvalue weighted by Gasteiger charge is -2.23. The van der Waals surface area contributed by atoms with E-state index in [2.05, 4.69) is 5.32 Å². The van der Waals surface area contributed by atoms with Gasteiger partial charge in [0.05, 0.1) is 17.9 Å². The van der Waals surface area contributed by atoms with E-state index in [1.165, 1.54) is 11.0 Å². The molecule has 0 saturated heterocycles. The molecule has 6 nitrogen and oxygen atoms in total. The maximum Gasteiger partial charge on any atom is 0.337 e. The topological polar surface area (TPSA) is 89.9 Å². The van der Waals surface area contributed by atoms with Crippen LogP contribution in [-0.4, -0.2) is 40.3 Å². The third-order valence-electron chi connectivity index (χ3n) is 3.82. The predicted molar refractivity (Wildman–Crippen MR) is 95.8 cm³/mol. The van der Waals surface area contributed by atoms with Crippen molar-refractivity contribution >= 4 is 17.7 Å². The van der Waals surface area contributed by atoms with Gasteiger partial charge in [0.1, 0.15) is 0 Å². The molecule has 0 radical (unpaired) electrons. The summed E-state index contributed by atoms with van der Waals surface area (Å²) in [6.07, 6.45) is 0. The van der Waals surface area contributed by atoms with E-state index in [9.17, 15) is 19.8 Å². The van der Waals surface area contributed by atoms with Crippen molar-refractivity contribution in [2.75, 3.05) is 18.5 Å². The minimum Gasteiger partial charge on any atom is -0.478 e. The van der Waals surface area contributed by atoms with Gasteiger partial charge in [0, 0.05) is 13.1 Å². The summed E-state index contributed by atoms with van der Waals surface area (Å²) >= 11 is 0. The van der Waals surface area contributed by atoms with Crippen LogP contribution in [0.1, 0.15) is 27.0 Å². The van der Waals surface area contributed by atoms with Crippen LogP contribution in [0.3, 0.4) is 0 Å². The number of benzene rings is 2. The number of nitrogens with one attached hydrogen (secondary N) is 1. The van der Waals surface area contributed by atoms with Crippen LogP contribution in [0.4, 0.5) is 10.5 Å². The second-order valence-corrected chi connectivity index (χ2v) is 5.87. The van der Waals surface area contributed by atoms with Crippen molar-refractivity contribution in [3.05, 3.63) is 64.7 Å². The first-order chi connectivity index (χ1) is 11.9. The number of urea groups is 1. The van der Waals surface area contributed by atoms with E-state index in [1.807, 2.05) is 36.4 Å². The van der Waals surface area contributed by atoms with E-state index >= 15 is 0 Å². The number of carboxylic acid groups (broad SMARTS) is 1. The van der Waals surface area contributed by atoms with Crippen LogP contribution in [0.2, 0.25) is 0 Å². The number of aryl methyl sites for hydroxylation is 2. The Hall–Kier alpha value is -2.86. The molecule has 2 aromatic rings. The van der Waals surface area contributed by atoms with Crippen molar-refractivity contribution in [3.63, 3.8) is 0 Å². The number of hydrogen-bond acceptors (Lipinski definition) is 3. The monoisotopic (exact) mass is 342 g/mol. The standard InChI is InChI=1S/C19H22N2O4/c1-13-10-14(2)17(16(11-13)18(23)24)20-19(25)21(8-9-22)12-15-6-4-3-5-7-15/h3-7,10-11,22H,8-9,12H2,1-2H3,(H,20,25)(H,23,24). The molecule has 2 rings (SSSR count). The lowest BCUT2D eigenvalue weighted by Crippen LogP contribution is -2.37. The number of amides is 2. The van der Waals surface area contributed by atoms with Crippen LogP contribution >= 0.6 is 0 Å². The van der Waals surface area contributed by atoms with E-state index in [1.54, 1.807) is 13.8 Å². The van der Waals surface area contributed by atoms with Crippen LogP contribution in [-0.2, 0) is 6.54 Å². The highest BCUT2D eigenvalue weighted by atomic mass is 16.4. The Kier molecular flexibility index (Phi) is 6.14. The van der Waals surface area contributed by atoms with Gasteiger partial charge >= 0.3 is 12.0 Å². The fourth-order valence-corrected chi connectivity index (χ4v) is 2.67. The second-order valence-electron chi connectivity index (χ2n) is 5.87. The van der Waals surface area contributed by atoms with Gasteiger partial charge in [0.2, 0.25) is 0 Å². The van der Waals surface area contributed by atoms with Crippen molar-refractivity contribution in [3.8, 4) is 0 Å². The van der Waals surface area contributed by atoms with Crippen LogP contribution < -0.4 is 5.32 Å². The molecule has 132 valence electrons. The highest BCUT2D eigenvalue weighted by Gasteiger charge is 2.19. The summed E-state index contributed by atoms with van der Waals surface area (Å²) < 4.78 is 0. The lowest BCUT2D eigenvalue weighted by atomic mass is 10.0. The van der Waals surface area contributed by atoms with Crippen molar-refractivity contribution in [1.82, 2.24) is 4.90 Å². The van der Waals surface area contributed by atoms with Crippen LogP contribution in [0, 0.1) is 13.8 Å². The number of anilines is 1. The Morgan fingerprint density at radius 2 is 1.80 bits per heavy atom. The molecule has 0 unspecified atom stereocenters. The number of carbonyl (C=O) groups excluding carboxylic acids is 1. The molecule has 0 aromatic heterocycles. The van der Waals surface area contributed by atoms with Crippen molar-refractivity contribution < 1.29 is 19.8 Å². The molecule has 0 saturated carbocycles. The van der Waals surface area contributed by atoms with Crippen molar-refractivity contribution in [2.45, 2.75) is 20.4 Å². The maximum absolute atomic E-state index is 12.6. The smallest absolute Gasteiger partial charge is 0.337 e. The minimum atomic E-state index is -1.10. The largest absolute Gasteiger partial charge is 0.478 e. The number of aliphatic hydroxyl groups is 1. The van der Waals surface area contributed by atoms with Gasteiger partial charge in [-0.15, -0.1) is 0 Å². The Labute approximate surface area is 146 Å². The number of carboxylic acids is 1. The van der Waals surface area contributed by atoms with Gasteiger partial charge in [0.15, 0.2) is 0 Å². The van der Waals surface area contributed by atoms with Gasteiger partial charge in [-0.25, -0.2) is 9.59 Å². The molecule has 2 amide bonds. The molecule has 0 fully saturated rings. The van der Waals surface area contributed by atoms with E-state index in [0.29, 0.717) is 12.1 Å². The first-order valence-corrected chi connectivity index (χ1v) is 7.97. The summed E-state index contributed by atoms with van der Waals surface area (Å²) in [6, 6.07) is 12.3. The number of rotatable bonds is 6. The van der Waals surface area contributed by atoms with Gasteiger partial charge < -0.3 is 20.4 Å². The maximum atomic E-state index is 12.6. The minimum absolute atomic E-state index is 0.0505. The first-order valence-electron chi connectivity index (χ1n) is 7.97. The van der Waals surface area contributed by atoms with E-state index in [4.69, 9.17) is 0 Å². The predicted octanol–water partition coefficient (Wildman–Crippen LogP) is 3.03. The first kappa shape index (κ1) is 18.5. The van der Waals surface area contributed by atoms with E-state index in [0.717, 1.165) is 11.1 Å². The number of aromatic carboxylic acids is 1. The van der Waals surface area contributed by atoms with Crippen LogP contribution in [0.5, 0.6) is 0 Å². The number of hydrogen-bond donors (Lipinski definition) is 3. The van der Waals surface area contributed by atoms with Gasteiger partial charge in [-0.05, 0) is 36.6 Å². The zero-order chi connectivity index (χ0) is 18.4. The number of nitrogens with zero attached hydrogens (tertiary/aromatic N) is 1. The highest BCUT2D eigenvalue weighted by Crippen LogP contribution is 2.23. The fraction of sp³-hybridized carbons (Fsp3) is 0.263. The average Bonchev–Trinajstić information content (AvgIpc) is 2.57.